The van der Waals surface area contributed by atoms with E-state index in [-0.39, 0.29) is 0 Å². The van der Waals surface area contributed by atoms with Crippen LogP contribution in [0.5, 0.6) is 0 Å². The van der Waals surface area contributed by atoms with Gasteiger partial charge < -0.3 is 8.83 Å². The molecule has 3 heterocycles. The summed E-state index contributed by atoms with van der Waals surface area (Å²) in [6.07, 6.45) is 0. The Balaban J connectivity index is 1.03. The van der Waals surface area contributed by atoms with Crippen LogP contribution in [-0.4, -0.2) is 19.9 Å². The Morgan fingerprint density at radius 3 is 1.55 bits per heavy atom. The molecule has 0 fully saturated rings. The van der Waals surface area contributed by atoms with Gasteiger partial charge in [-0.3, -0.25) is 0 Å². The van der Waals surface area contributed by atoms with Gasteiger partial charge in [0.05, 0.1) is 0 Å². The lowest BCUT2D eigenvalue weighted by Crippen LogP contribution is -2.00. The molecule has 0 aliphatic rings. The Morgan fingerprint density at radius 1 is 0.293 bits per heavy atom. The van der Waals surface area contributed by atoms with E-state index in [1.807, 2.05) is 97.1 Å². The number of nitrogens with zero attached hydrogens (tertiary/aromatic N) is 4. The predicted molar refractivity (Wildman–Crippen MR) is 233 cm³/mol. The van der Waals surface area contributed by atoms with Crippen LogP contribution in [-0.2, 0) is 0 Å². The molecule has 6 nitrogen and oxygen atoms in total. The first kappa shape index (κ1) is 33.4. The molecule has 0 atom stereocenters. The second kappa shape index (κ2) is 14.0. The molecule has 3 aromatic heterocycles. The van der Waals surface area contributed by atoms with Crippen molar-refractivity contribution >= 4 is 33.0 Å². The van der Waals surface area contributed by atoms with Crippen LogP contribution in [0.4, 0.5) is 0 Å². The minimum absolute atomic E-state index is 0.576. The fraction of sp³-hybridized carbons (Fsp3) is 0. The first-order valence-corrected chi connectivity index (χ1v) is 19.2. The van der Waals surface area contributed by atoms with Crippen LogP contribution < -0.4 is 0 Å². The molecule has 0 aliphatic carbocycles. The summed E-state index contributed by atoms with van der Waals surface area (Å²) in [6, 6.07) is 65.9. The molecule has 0 saturated carbocycles. The van der Waals surface area contributed by atoms with Crippen molar-refractivity contribution in [2.45, 2.75) is 0 Å². The van der Waals surface area contributed by atoms with Crippen molar-refractivity contribution in [3.8, 4) is 79.0 Å². The first-order valence-electron chi connectivity index (χ1n) is 19.2. The molecule has 8 aromatic carbocycles. The van der Waals surface area contributed by atoms with Gasteiger partial charge >= 0.3 is 0 Å². The summed E-state index contributed by atoms with van der Waals surface area (Å²) in [6.45, 7) is 0. The molecule has 0 amide bonds. The van der Waals surface area contributed by atoms with Crippen LogP contribution in [0, 0.1) is 0 Å². The van der Waals surface area contributed by atoms with Gasteiger partial charge in [0.25, 0.3) is 0 Å². The zero-order valence-electron chi connectivity index (χ0n) is 31.1. The number of oxazole rings is 1. The molecular formula is C52H32N4O2. The SMILES string of the molecule is c1ccc(-c2ccc(-c3ccccc3)c(-c3nc4ccc(-c5ccc6oc7cccc(-c8nc(-c9ccccc9)nc(-c9ccccc9)n8)c7c6c5)cc4o3)c2)cc1. The highest BCUT2D eigenvalue weighted by Crippen LogP contribution is 2.40. The monoisotopic (exact) mass is 744 g/mol. The molecule has 11 aromatic rings. The quantitative estimate of drug-likeness (QED) is 0.162. The smallest absolute Gasteiger partial charge is 0.227 e. The lowest BCUT2D eigenvalue weighted by atomic mass is 9.95. The summed E-state index contributed by atoms with van der Waals surface area (Å²) in [5.41, 5.74) is 13.1. The minimum Gasteiger partial charge on any atom is -0.456 e. The fourth-order valence-electron chi connectivity index (χ4n) is 7.74. The molecule has 58 heavy (non-hydrogen) atoms. The molecule has 6 heteroatoms. The summed E-state index contributed by atoms with van der Waals surface area (Å²) < 4.78 is 13.1. The summed E-state index contributed by atoms with van der Waals surface area (Å²) >= 11 is 0. The van der Waals surface area contributed by atoms with Crippen molar-refractivity contribution in [1.82, 2.24) is 19.9 Å². The second-order valence-corrected chi connectivity index (χ2v) is 14.2. The van der Waals surface area contributed by atoms with Crippen molar-refractivity contribution in [3.05, 3.63) is 194 Å². The molecule has 0 bridgehead atoms. The maximum Gasteiger partial charge on any atom is 0.227 e. The lowest BCUT2D eigenvalue weighted by molar-refractivity contribution is 0.620. The van der Waals surface area contributed by atoms with E-state index >= 15 is 0 Å². The summed E-state index contributed by atoms with van der Waals surface area (Å²) in [5.74, 6) is 2.37. The first-order chi connectivity index (χ1) is 28.7. The summed E-state index contributed by atoms with van der Waals surface area (Å²) in [5, 5.41) is 1.91. The fourth-order valence-corrected chi connectivity index (χ4v) is 7.74. The maximum atomic E-state index is 6.63. The molecule has 0 N–H and O–H groups in total. The van der Waals surface area contributed by atoms with Gasteiger partial charge in [0.15, 0.2) is 23.1 Å². The Kier molecular flexibility index (Phi) is 8.04. The van der Waals surface area contributed by atoms with Gasteiger partial charge in [0, 0.05) is 33.0 Å². The van der Waals surface area contributed by atoms with Gasteiger partial charge in [-0.1, -0.05) is 158 Å². The highest BCUT2D eigenvalue weighted by Gasteiger charge is 2.20. The van der Waals surface area contributed by atoms with Crippen molar-refractivity contribution in [3.63, 3.8) is 0 Å². The van der Waals surface area contributed by atoms with Crippen molar-refractivity contribution < 1.29 is 8.83 Å². The van der Waals surface area contributed by atoms with E-state index in [0.29, 0.717) is 28.9 Å². The van der Waals surface area contributed by atoms with Gasteiger partial charge in [0.1, 0.15) is 16.7 Å². The normalized spacial score (nSPS) is 11.4. The van der Waals surface area contributed by atoms with E-state index in [1.54, 1.807) is 0 Å². The zero-order valence-corrected chi connectivity index (χ0v) is 31.1. The van der Waals surface area contributed by atoms with Gasteiger partial charge in [0.2, 0.25) is 5.89 Å². The largest absolute Gasteiger partial charge is 0.456 e. The molecule has 11 rings (SSSR count). The van der Waals surface area contributed by atoms with Crippen LogP contribution in [0.15, 0.2) is 203 Å². The number of aromatic nitrogens is 4. The lowest BCUT2D eigenvalue weighted by Gasteiger charge is -2.10. The van der Waals surface area contributed by atoms with Crippen molar-refractivity contribution in [1.29, 1.82) is 0 Å². The van der Waals surface area contributed by atoms with Crippen LogP contribution in [0.25, 0.3) is 112 Å². The molecule has 0 aliphatic heterocycles. The van der Waals surface area contributed by atoms with Crippen molar-refractivity contribution in [2.75, 3.05) is 0 Å². The third-order valence-corrected chi connectivity index (χ3v) is 10.6. The molecule has 0 saturated heterocycles. The molecule has 0 spiro atoms. The number of rotatable bonds is 7. The minimum atomic E-state index is 0.576. The second-order valence-electron chi connectivity index (χ2n) is 14.2. The zero-order chi connectivity index (χ0) is 38.4. The number of benzene rings is 8. The van der Waals surface area contributed by atoms with Crippen LogP contribution in [0.1, 0.15) is 0 Å². The van der Waals surface area contributed by atoms with Gasteiger partial charge in [-0.2, -0.15) is 0 Å². The molecule has 0 radical (unpaired) electrons. The highest BCUT2D eigenvalue weighted by molar-refractivity contribution is 6.13. The standard InChI is InChI=1S/C52H32N4O2/c1-5-14-33(15-6-1)37-24-27-40(34-16-7-2-8-17-34)42(30-37)52-53-44-28-25-39(32-47(44)58-52)38-26-29-45-43(31-38)48-41(22-13-23-46(48)57-45)51-55-49(35-18-9-3-10-19-35)54-50(56-51)36-20-11-4-12-21-36/h1-32H. The van der Waals surface area contributed by atoms with E-state index in [9.17, 15) is 0 Å². The van der Waals surface area contributed by atoms with E-state index in [2.05, 4.69) is 97.1 Å². The van der Waals surface area contributed by atoms with Crippen LogP contribution in [0.2, 0.25) is 0 Å². The van der Waals surface area contributed by atoms with E-state index in [1.165, 1.54) is 0 Å². The Labute approximate surface area is 333 Å². The maximum absolute atomic E-state index is 6.63. The van der Waals surface area contributed by atoms with E-state index in [4.69, 9.17) is 28.8 Å². The van der Waals surface area contributed by atoms with Crippen LogP contribution in [0.3, 0.4) is 0 Å². The molecule has 272 valence electrons. The Bertz CT molecular complexity index is 3210. The Morgan fingerprint density at radius 2 is 0.862 bits per heavy atom. The van der Waals surface area contributed by atoms with E-state index in [0.717, 1.165) is 83.1 Å². The third kappa shape index (κ3) is 6.01. The number of fused-ring (bicyclic) bond motifs is 4. The summed E-state index contributed by atoms with van der Waals surface area (Å²) in [4.78, 5) is 20.0. The number of hydrogen-bond donors (Lipinski definition) is 0. The van der Waals surface area contributed by atoms with Crippen LogP contribution >= 0.6 is 0 Å². The average Bonchev–Trinajstić information content (AvgIpc) is 3.91. The van der Waals surface area contributed by atoms with E-state index < -0.39 is 0 Å². The number of furan rings is 1. The van der Waals surface area contributed by atoms with Gasteiger partial charge in [-0.05, 0) is 69.8 Å². The van der Waals surface area contributed by atoms with Gasteiger partial charge in [-0.25, -0.2) is 19.9 Å². The predicted octanol–water partition coefficient (Wildman–Crippen LogP) is 13.6. The summed E-state index contributed by atoms with van der Waals surface area (Å²) in [7, 11) is 0. The molecule has 0 unspecified atom stereocenters. The number of hydrogen-bond acceptors (Lipinski definition) is 6. The Hall–Kier alpha value is -7.96. The van der Waals surface area contributed by atoms with Crippen molar-refractivity contribution in [2.24, 2.45) is 0 Å². The van der Waals surface area contributed by atoms with Gasteiger partial charge in [-0.15, -0.1) is 0 Å². The average molecular weight is 745 g/mol. The third-order valence-electron chi connectivity index (χ3n) is 10.6. The topological polar surface area (TPSA) is 77.8 Å². The molecular weight excluding hydrogens is 713 g/mol. The highest BCUT2D eigenvalue weighted by atomic mass is 16.3.